The maximum absolute atomic E-state index is 12.8. The van der Waals surface area contributed by atoms with Gasteiger partial charge in [0, 0.05) is 28.5 Å². The van der Waals surface area contributed by atoms with E-state index in [2.05, 4.69) is 25.9 Å². The average Bonchev–Trinajstić information content (AvgIpc) is 3.05. The molecule has 8 heteroatoms. The third-order valence-corrected chi connectivity index (χ3v) is 7.43. The van der Waals surface area contributed by atoms with Gasteiger partial charge in [-0.2, -0.15) is 4.31 Å². The maximum Gasteiger partial charge on any atom is 0.243 e. The average molecular weight is 455 g/mol. The van der Waals surface area contributed by atoms with Crippen LogP contribution in [0.25, 0.3) is 11.0 Å². The highest BCUT2D eigenvalue weighted by Crippen LogP contribution is 2.31. The topological polar surface area (TPSA) is 66.1 Å². The van der Waals surface area contributed by atoms with Crippen LogP contribution in [0.15, 0.2) is 51.8 Å². The molecule has 1 N–H and O–H groups in total. The summed E-state index contributed by atoms with van der Waals surface area (Å²) < 4.78 is 28.0. The summed E-state index contributed by atoms with van der Waals surface area (Å²) >= 11 is 9.36. The third-order valence-electron chi connectivity index (χ3n) is 4.75. The first kappa shape index (κ1) is 18.0. The molecule has 1 aliphatic heterocycles. The van der Waals surface area contributed by atoms with Gasteiger partial charge in [0.1, 0.15) is 5.82 Å². The number of aromatic nitrogens is 2. The quantitative estimate of drug-likeness (QED) is 0.631. The summed E-state index contributed by atoms with van der Waals surface area (Å²) in [6.45, 7) is 0.974. The highest BCUT2D eigenvalue weighted by molar-refractivity contribution is 9.10. The minimum Gasteiger partial charge on any atom is -0.342 e. The second-order valence-electron chi connectivity index (χ2n) is 6.42. The maximum atomic E-state index is 12.8. The number of rotatable bonds is 3. The zero-order valence-electron chi connectivity index (χ0n) is 13.8. The van der Waals surface area contributed by atoms with Gasteiger partial charge in [-0.3, -0.25) is 0 Å². The van der Waals surface area contributed by atoms with Crippen LogP contribution < -0.4 is 0 Å². The summed E-state index contributed by atoms with van der Waals surface area (Å²) in [5.74, 6) is 1.13. The molecular weight excluding hydrogens is 438 g/mol. The fourth-order valence-electron chi connectivity index (χ4n) is 3.32. The number of piperidine rings is 1. The molecule has 2 aromatic carbocycles. The van der Waals surface area contributed by atoms with Crippen LogP contribution in [0.2, 0.25) is 5.02 Å². The van der Waals surface area contributed by atoms with Crippen molar-refractivity contribution in [1.82, 2.24) is 14.3 Å². The fraction of sp³-hybridized carbons (Fsp3) is 0.278. The Morgan fingerprint density at radius 1 is 1.12 bits per heavy atom. The molecule has 26 heavy (non-hydrogen) atoms. The highest BCUT2D eigenvalue weighted by Gasteiger charge is 2.31. The van der Waals surface area contributed by atoms with Crippen molar-refractivity contribution in [3.05, 3.63) is 57.8 Å². The lowest BCUT2D eigenvalue weighted by Gasteiger charge is -2.30. The zero-order chi connectivity index (χ0) is 18.3. The monoisotopic (exact) mass is 453 g/mol. The van der Waals surface area contributed by atoms with Crippen LogP contribution in [-0.4, -0.2) is 35.8 Å². The molecule has 0 spiro atoms. The van der Waals surface area contributed by atoms with Crippen molar-refractivity contribution in [2.45, 2.75) is 23.7 Å². The summed E-state index contributed by atoms with van der Waals surface area (Å²) in [7, 11) is -3.45. The summed E-state index contributed by atoms with van der Waals surface area (Å²) in [6.07, 6.45) is 1.48. The van der Waals surface area contributed by atoms with Gasteiger partial charge in [0.15, 0.2) is 0 Å². The molecule has 1 fully saturated rings. The SMILES string of the molecule is O=S(=O)(c1ccc(Br)cc1)N1CCC(c2nc3ccc(Cl)cc3[nH]2)CC1. The van der Waals surface area contributed by atoms with E-state index in [1.165, 1.54) is 0 Å². The third kappa shape index (κ3) is 3.41. The van der Waals surface area contributed by atoms with Crippen molar-refractivity contribution < 1.29 is 8.42 Å². The molecule has 0 bridgehead atoms. The van der Waals surface area contributed by atoms with Crippen LogP contribution in [0, 0.1) is 0 Å². The van der Waals surface area contributed by atoms with Crippen LogP contribution in [0.4, 0.5) is 0 Å². The van der Waals surface area contributed by atoms with Crippen LogP contribution in [-0.2, 0) is 10.0 Å². The molecular formula is C18H17BrClN3O2S. The molecule has 4 rings (SSSR count). The van der Waals surface area contributed by atoms with E-state index in [9.17, 15) is 8.42 Å². The van der Waals surface area contributed by atoms with Crippen LogP contribution >= 0.6 is 27.5 Å². The molecule has 0 unspecified atom stereocenters. The summed E-state index contributed by atoms with van der Waals surface area (Å²) in [6, 6.07) is 12.3. The number of benzene rings is 2. The standard InChI is InChI=1S/C18H17BrClN3O2S/c19-13-1-4-15(5-2-13)26(24,25)23-9-7-12(8-10-23)18-21-16-6-3-14(20)11-17(16)22-18/h1-6,11-12H,7-10H2,(H,21,22). The molecule has 0 radical (unpaired) electrons. The van der Waals surface area contributed by atoms with E-state index in [1.54, 1.807) is 28.6 Å². The van der Waals surface area contributed by atoms with E-state index in [0.717, 1.165) is 34.2 Å². The van der Waals surface area contributed by atoms with Crippen LogP contribution in [0.1, 0.15) is 24.6 Å². The van der Waals surface area contributed by atoms with E-state index in [-0.39, 0.29) is 5.92 Å². The Kier molecular flexibility index (Phi) is 4.81. The number of aromatic amines is 1. The summed E-state index contributed by atoms with van der Waals surface area (Å²) in [5.41, 5.74) is 1.80. The zero-order valence-corrected chi connectivity index (χ0v) is 17.0. The molecule has 2 heterocycles. The molecule has 1 aromatic heterocycles. The van der Waals surface area contributed by atoms with E-state index in [4.69, 9.17) is 11.6 Å². The molecule has 0 atom stereocenters. The smallest absolute Gasteiger partial charge is 0.243 e. The van der Waals surface area contributed by atoms with Gasteiger partial charge in [0.25, 0.3) is 0 Å². The van der Waals surface area contributed by atoms with E-state index >= 15 is 0 Å². The second kappa shape index (κ2) is 6.96. The first-order valence-electron chi connectivity index (χ1n) is 8.34. The molecule has 5 nitrogen and oxygen atoms in total. The van der Waals surface area contributed by atoms with E-state index < -0.39 is 10.0 Å². The largest absolute Gasteiger partial charge is 0.342 e. The van der Waals surface area contributed by atoms with Crippen molar-refractivity contribution in [2.75, 3.05) is 13.1 Å². The van der Waals surface area contributed by atoms with Gasteiger partial charge in [-0.05, 0) is 55.3 Å². The minimum atomic E-state index is -3.45. The van der Waals surface area contributed by atoms with Gasteiger partial charge in [0.05, 0.1) is 15.9 Å². The molecule has 0 amide bonds. The van der Waals surface area contributed by atoms with Crippen LogP contribution in [0.3, 0.4) is 0 Å². The number of imidazole rings is 1. The van der Waals surface area contributed by atoms with Gasteiger partial charge < -0.3 is 4.98 Å². The van der Waals surface area contributed by atoms with E-state index in [1.807, 2.05) is 18.2 Å². The second-order valence-corrected chi connectivity index (χ2v) is 9.71. The number of nitrogens with one attached hydrogen (secondary N) is 1. The molecule has 0 aliphatic carbocycles. The Morgan fingerprint density at radius 3 is 2.50 bits per heavy atom. The molecule has 1 aliphatic rings. The number of nitrogens with zero attached hydrogens (tertiary/aromatic N) is 2. The number of halogens is 2. The van der Waals surface area contributed by atoms with Gasteiger partial charge in [-0.1, -0.05) is 27.5 Å². The van der Waals surface area contributed by atoms with Crippen LogP contribution in [0.5, 0.6) is 0 Å². The Bertz CT molecular complexity index is 1040. The highest BCUT2D eigenvalue weighted by atomic mass is 79.9. The Hall–Kier alpha value is -1.41. The number of hydrogen-bond donors (Lipinski definition) is 1. The predicted octanol–water partition coefficient (Wildman–Crippen LogP) is 4.55. The first-order chi connectivity index (χ1) is 12.4. The lowest BCUT2D eigenvalue weighted by molar-refractivity contribution is 0.314. The molecule has 136 valence electrons. The van der Waals surface area contributed by atoms with Gasteiger partial charge >= 0.3 is 0 Å². The predicted molar refractivity (Wildman–Crippen MR) is 106 cm³/mol. The Balaban J connectivity index is 1.50. The Morgan fingerprint density at radius 2 is 1.81 bits per heavy atom. The van der Waals surface area contributed by atoms with Crippen molar-refractivity contribution in [2.24, 2.45) is 0 Å². The van der Waals surface area contributed by atoms with Gasteiger partial charge in [0.2, 0.25) is 10.0 Å². The molecule has 0 saturated carbocycles. The first-order valence-corrected chi connectivity index (χ1v) is 11.0. The normalized spacial score (nSPS) is 17.0. The van der Waals surface area contributed by atoms with E-state index in [0.29, 0.717) is 23.0 Å². The van der Waals surface area contributed by atoms with Gasteiger partial charge in [-0.15, -0.1) is 0 Å². The number of fused-ring (bicyclic) bond motifs is 1. The number of H-pyrrole nitrogens is 1. The minimum absolute atomic E-state index is 0.220. The summed E-state index contributed by atoms with van der Waals surface area (Å²) in [5, 5.41) is 0.670. The molecule has 1 saturated heterocycles. The van der Waals surface area contributed by atoms with Crippen molar-refractivity contribution in [1.29, 1.82) is 0 Å². The lowest BCUT2D eigenvalue weighted by atomic mass is 9.97. The van der Waals surface area contributed by atoms with Crippen molar-refractivity contribution >= 4 is 48.6 Å². The molecule has 3 aromatic rings. The lowest BCUT2D eigenvalue weighted by Crippen LogP contribution is -2.38. The van der Waals surface area contributed by atoms with Crippen molar-refractivity contribution in [3.8, 4) is 0 Å². The number of hydrogen-bond acceptors (Lipinski definition) is 3. The Labute approximate surface area is 165 Å². The summed E-state index contributed by atoms with van der Waals surface area (Å²) in [4.78, 5) is 8.31. The van der Waals surface area contributed by atoms with Gasteiger partial charge in [-0.25, -0.2) is 13.4 Å². The fourth-order valence-corrected chi connectivity index (χ4v) is 5.23. The number of sulfonamides is 1. The van der Waals surface area contributed by atoms with Crippen molar-refractivity contribution in [3.63, 3.8) is 0 Å².